The van der Waals surface area contributed by atoms with E-state index in [1.807, 2.05) is 13.8 Å². The van der Waals surface area contributed by atoms with Crippen molar-refractivity contribution in [2.24, 2.45) is 0 Å². The number of benzene rings is 1. The predicted octanol–water partition coefficient (Wildman–Crippen LogP) is 1.51. The van der Waals surface area contributed by atoms with Crippen molar-refractivity contribution in [1.29, 1.82) is 0 Å². The number of rotatable bonds is 4. The van der Waals surface area contributed by atoms with E-state index in [2.05, 4.69) is 10.6 Å². The average molecular weight is 254 g/mol. The summed E-state index contributed by atoms with van der Waals surface area (Å²) in [5.41, 5.74) is 0.945. The van der Waals surface area contributed by atoms with Crippen LogP contribution in [0.4, 0.5) is 0 Å². The van der Waals surface area contributed by atoms with Crippen molar-refractivity contribution in [2.45, 2.75) is 26.3 Å². The van der Waals surface area contributed by atoms with Crippen LogP contribution in [-0.2, 0) is 6.42 Å². The molecule has 0 bridgehead atoms. The molecule has 0 saturated heterocycles. The molecule has 0 aliphatic rings. The van der Waals surface area contributed by atoms with Crippen LogP contribution < -0.4 is 10.6 Å². The van der Waals surface area contributed by atoms with E-state index < -0.39 is 0 Å². The molecule has 0 unspecified atom stereocenters. The number of phenols is 2. The maximum Gasteiger partial charge on any atom is 0.166 e. The molecule has 4 N–H and O–H groups in total. The Morgan fingerprint density at radius 2 is 2.00 bits per heavy atom. The molecular formula is C12H18N2O2S. The van der Waals surface area contributed by atoms with Crippen LogP contribution in [0.15, 0.2) is 18.2 Å². The third-order valence-electron chi connectivity index (χ3n) is 2.16. The van der Waals surface area contributed by atoms with Crippen LogP contribution in [0.3, 0.4) is 0 Å². The van der Waals surface area contributed by atoms with Gasteiger partial charge in [-0.3, -0.25) is 0 Å². The fourth-order valence-corrected chi connectivity index (χ4v) is 1.70. The lowest BCUT2D eigenvalue weighted by Crippen LogP contribution is -2.40. The second-order valence-corrected chi connectivity index (χ2v) is 4.54. The Bertz CT molecular complexity index is 394. The van der Waals surface area contributed by atoms with E-state index in [4.69, 9.17) is 17.3 Å². The van der Waals surface area contributed by atoms with E-state index in [9.17, 15) is 5.11 Å². The first-order chi connectivity index (χ1) is 7.99. The molecule has 0 spiro atoms. The first-order valence-corrected chi connectivity index (χ1v) is 5.95. The molecular weight excluding hydrogens is 236 g/mol. The van der Waals surface area contributed by atoms with Crippen LogP contribution in [0.2, 0.25) is 0 Å². The van der Waals surface area contributed by atoms with Gasteiger partial charge in [0.25, 0.3) is 0 Å². The zero-order chi connectivity index (χ0) is 12.8. The fraction of sp³-hybridized carbons (Fsp3) is 0.417. The third kappa shape index (κ3) is 4.91. The Kier molecular flexibility index (Phi) is 5.03. The molecule has 0 radical (unpaired) electrons. The summed E-state index contributed by atoms with van der Waals surface area (Å²) in [6.07, 6.45) is 0.730. The van der Waals surface area contributed by atoms with Gasteiger partial charge in [-0.2, -0.15) is 0 Å². The summed E-state index contributed by atoms with van der Waals surface area (Å²) in [4.78, 5) is 0. The van der Waals surface area contributed by atoms with Gasteiger partial charge in [0.05, 0.1) is 0 Å². The van der Waals surface area contributed by atoms with Crippen molar-refractivity contribution in [3.05, 3.63) is 23.8 Å². The topological polar surface area (TPSA) is 64.5 Å². The second-order valence-electron chi connectivity index (χ2n) is 4.13. The number of phenolic OH excluding ortho intramolecular Hbond substituents is 2. The van der Waals surface area contributed by atoms with Crippen LogP contribution in [0.1, 0.15) is 19.4 Å². The standard InChI is InChI=1S/C12H18N2O2S/c1-8(2)14-12(17)13-6-5-9-3-4-10(15)11(16)7-9/h3-4,7-8,15-16H,5-6H2,1-2H3,(H2,13,14,17). The van der Waals surface area contributed by atoms with Gasteiger partial charge in [0.1, 0.15) is 0 Å². The molecule has 0 amide bonds. The molecule has 0 aromatic heterocycles. The number of thiocarbonyl (C=S) groups is 1. The summed E-state index contributed by atoms with van der Waals surface area (Å²) in [6.45, 7) is 4.72. The molecule has 0 aliphatic carbocycles. The van der Waals surface area contributed by atoms with E-state index in [0.717, 1.165) is 12.0 Å². The minimum absolute atomic E-state index is 0.0922. The van der Waals surface area contributed by atoms with Gasteiger partial charge in [0, 0.05) is 12.6 Å². The largest absolute Gasteiger partial charge is 0.504 e. The maximum absolute atomic E-state index is 9.32. The molecule has 1 aromatic carbocycles. The van der Waals surface area contributed by atoms with Crippen LogP contribution in [0, 0.1) is 0 Å². The molecule has 0 heterocycles. The van der Waals surface area contributed by atoms with Crippen LogP contribution in [0.25, 0.3) is 0 Å². The van der Waals surface area contributed by atoms with Gasteiger partial charge < -0.3 is 20.8 Å². The van der Waals surface area contributed by atoms with Crippen molar-refractivity contribution >= 4 is 17.3 Å². The van der Waals surface area contributed by atoms with E-state index in [-0.39, 0.29) is 11.5 Å². The minimum atomic E-state index is -0.0984. The summed E-state index contributed by atoms with van der Waals surface area (Å²) in [7, 11) is 0. The van der Waals surface area contributed by atoms with Gasteiger partial charge in [-0.1, -0.05) is 6.07 Å². The molecule has 0 fully saturated rings. The Morgan fingerprint density at radius 3 is 2.59 bits per heavy atom. The molecule has 5 heteroatoms. The van der Waals surface area contributed by atoms with Gasteiger partial charge >= 0.3 is 0 Å². The summed E-state index contributed by atoms with van der Waals surface area (Å²) in [5.74, 6) is -0.191. The fourth-order valence-electron chi connectivity index (χ4n) is 1.36. The first-order valence-electron chi connectivity index (χ1n) is 5.54. The highest BCUT2D eigenvalue weighted by Gasteiger charge is 2.01. The molecule has 17 heavy (non-hydrogen) atoms. The molecule has 0 saturated carbocycles. The molecule has 1 rings (SSSR count). The number of aromatic hydroxyl groups is 2. The summed E-state index contributed by atoms with van der Waals surface area (Å²) >= 11 is 5.08. The Morgan fingerprint density at radius 1 is 1.29 bits per heavy atom. The lowest BCUT2D eigenvalue weighted by atomic mass is 10.1. The maximum atomic E-state index is 9.32. The van der Waals surface area contributed by atoms with Crippen molar-refractivity contribution in [3.8, 4) is 11.5 Å². The Hall–Kier alpha value is -1.49. The number of nitrogens with one attached hydrogen (secondary N) is 2. The molecule has 94 valence electrons. The van der Waals surface area contributed by atoms with Gasteiger partial charge in [-0.25, -0.2) is 0 Å². The highest BCUT2D eigenvalue weighted by molar-refractivity contribution is 7.80. The van der Waals surface area contributed by atoms with Crippen LogP contribution in [0.5, 0.6) is 11.5 Å². The lowest BCUT2D eigenvalue weighted by Gasteiger charge is -2.13. The molecule has 1 aromatic rings. The highest BCUT2D eigenvalue weighted by atomic mass is 32.1. The monoisotopic (exact) mass is 254 g/mol. The zero-order valence-electron chi connectivity index (χ0n) is 10.0. The van der Waals surface area contributed by atoms with Crippen LogP contribution >= 0.6 is 12.2 Å². The number of hydrogen-bond donors (Lipinski definition) is 4. The Balaban J connectivity index is 2.36. The molecule has 0 atom stereocenters. The summed E-state index contributed by atoms with van der Waals surface area (Å²) in [5, 5.41) is 25.3. The van der Waals surface area contributed by atoms with Crippen molar-refractivity contribution in [1.82, 2.24) is 10.6 Å². The van der Waals surface area contributed by atoms with E-state index >= 15 is 0 Å². The SMILES string of the molecule is CC(C)NC(=S)NCCc1ccc(O)c(O)c1. The van der Waals surface area contributed by atoms with E-state index in [1.165, 1.54) is 6.07 Å². The summed E-state index contributed by atoms with van der Waals surface area (Å²) in [6, 6.07) is 5.12. The van der Waals surface area contributed by atoms with Crippen molar-refractivity contribution in [2.75, 3.05) is 6.54 Å². The smallest absolute Gasteiger partial charge is 0.166 e. The van der Waals surface area contributed by atoms with Gasteiger partial charge in [0.2, 0.25) is 0 Å². The minimum Gasteiger partial charge on any atom is -0.504 e. The Labute approximate surface area is 107 Å². The summed E-state index contributed by atoms with van der Waals surface area (Å²) < 4.78 is 0. The quantitative estimate of drug-likeness (QED) is 0.484. The van der Waals surface area contributed by atoms with Gasteiger partial charge in [-0.05, 0) is 50.2 Å². The van der Waals surface area contributed by atoms with E-state index in [1.54, 1.807) is 12.1 Å². The van der Waals surface area contributed by atoms with E-state index in [0.29, 0.717) is 17.7 Å². The van der Waals surface area contributed by atoms with Gasteiger partial charge in [0.15, 0.2) is 16.6 Å². The van der Waals surface area contributed by atoms with Crippen LogP contribution in [-0.4, -0.2) is 27.9 Å². The highest BCUT2D eigenvalue weighted by Crippen LogP contribution is 2.24. The molecule has 4 nitrogen and oxygen atoms in total. The normalized spacial score (nSPS) is 10.3. The molecule has 0 aliphatic heterocycles. The van der Waals surface area contributed by atoms with Crippen molar-refractivity contribution in [3.63, 3.8) is 0 Å². The second kappa shape index (κ2) is 6.30. The average Bonchev–Trinajstić information content (AvgIpc) is 2.22. The predicted molar refractivity (Wildman–Crippen MR) is 72.3 cm³/mol. The first kappa shape index (κ1) is 13.6. The van der Waals surface area contributed by atoms with Crippen molar-refractivity contribution < 1.29 is 10.2 Å². The zero-order valence-corrected chi connectivity index (χ0v) is 10.8. The lowest BCUT2D eigenvalue weighted by molar-refractivity contribution is 0.403. The number of hydrogen-bond acceptors (Lipinski definition) is 3. The third-order valence-corrected chi connectivity index (χ3v) is 2.42. The van der Waals surface area contributed by atoms with Gasteiger partial charge in [-0.15, -0.1) is 0 Å².